The first-order valence-electron chi connectivity index (χ1n) is 7.83. The minimum absolute atomic E-state index is 0.295. The normalized spacial score (nSPS) is 11.3. The van der Waals surface area contributed by atoms with Gasteiger partial charge in [-0.15, -0.1) is 0 Å². The summed E-state index contributed by atoms with van der Waals surface area (Å²) in [6, 6.07) is 10.1. The molecule has 138 valence electrons. The van der Waals surface area contributed by atoms with E-state index in [0.717, 1.165) is 10.6 Å². The third-order valence-corrected chi connectivity index (χ3v) is 4.34. The van der Waals surface area contributed by atoms with E-state index in [9.17, 15) is 13.2 Å². The van der Waals surface area contributed by atoms with E-state index in [-0.39, 0.29) is 0 Å². The van der Waals surface area contributed by atoms with Crippen LogP contribution in [0.5, 0.6) is 5.75 Å². The molecule has 0 fully saturated rings. The Hall–Kier alpha value is -2.94. The van der Waals surface area contributed by atoms with Crippen LogP contribution < -0.4 is 14.5 Å². The number of nitrogens with zero attached hydrogens (tertiary/aromatic N) is 3. The fourth-order valence-electron chi connectivity index (χ4n) is 2.12. The molecule has 2 aromatic rings. The number of aromatic nitrogens is 1. The molecular weight excluding hydrogens is 356 g/mol. The largest absolute Gasteiger partial charge is 0.492 e. The number of anilines is 1. The van der Waals surface area contributed by atoms with Crippen LogP contribution in [-0.4, -0.2) is 44.9 Å². The highest BCUT2D eigenvalue weighted by Crippen LogP contribution is 2.29. The average molecular weight is 376 g/mol. The van der Waals surface area contributed by atoms with Gasteiger partial charge in [-0.25, -0.2) is 13.8 Å². The lowest BCUT2D eigenvalue weighted by molar-refractivity contribution is -0.119. The third kappa shape index (κ3) is 5.55. The van der Waals surface area contributed by atoms with Crippen molar-refractivity contribution >= 4 is 27.8 Å². The Bertz CT molecular complexity index is 869. The number of sulfonamides is 1. The number of carbonyl (C=O) groups is 1. The Labute approximate surface area is 152 Å². The molecule has 0 atom stereocenters. The quantitative estimate of drug-likeness (QED) is 0.554. The van der Waals surface area contributed by atoms with Crippen LogP contribution >= 0.6 is 0 Å². The van der Waals surface area contributed by atoms with Crippen molar-refractivity contribution in [3.63, 3.8) is 0 Å². The van der Waals surface area contributed by atoms with Crippen molar-refractivity contribution in [1.82, 2.24) is 10.4 Å². The molecule has 0 aliphatic heterocycles. The maximum Gasteiger partial charge on any atom is 0.260 e. The van der Waals surface area contributed by atoms with Crippen LogP contribution in [0, 0.1) is 0 Å². The Morgan fingerprint density at radius 1 is 1.31 bits per heavy atom. The van der Waals surface area contributed by atoms with Crippen molar-refractivity contribution in [2.24, 2.45) is 5.10 Å². The number of carbonyl (C=O) groups excluding carboxylic acids is 1. The van der Waals surface area contributed by atoms with E-state index in [1.807, 2.05) is 0 Å². The van der Waals surface area contributed by atoms with Crippen molar-refractivity contribution in [3.05, 3.63) is 54.4 Å². The van der Waals surface area contributed by atoms with Crippen molar-refractivity contribution < 1.29 is 17.9 Å². The molecule has 0 bridgehead atoms. The number of pyridine rings is 1. The zero-order chi connectivity index (χ0) is 19.0. The van der Waals surface area contributed by atoms with Gasteiger partial charge in [0, 0.05) is 18.0 Å². The molecule has 1 amide bonds. The van der Waals surface area contributed by atoms with E-state index >= 15 is 0 Å². The minimum atomic E-state index is -3.70. The van der Waals surface area contributed by atoms with E-state index in [1.165, 1.54) is 6.21 Å². The average Bonchev–Trinajstić information content (AvgIpc) is 2.61. The fraction of sp³-hybridized carbons (Fsp3) is 0.235. The summed E-state index contributed by atoms with van der Waals surface area (Å²) in [5.74, 6) is -0.200. The number of rotatable bonds is 8. The summed E-state index contributed by atoms with van der Waals surface area (Å²) in [6.45, 7) is 1.74. The van der Waals surface area contributed by atoms with Crippen molar-refractivity contribution in [3.8, 4) is 5.75 Å². The molecule has 1 aromatic carbocycles. The molecule has 0 saturated carbocycles. The van der Waals surface area contributed by atoms with Crippen LogP contribution in [0.1, 0.15) is 12.5 Å². The second-order valence-corrected chi connectivity index (χ2v) is 7.16. The van der Waals surface area contributed by atoms with Crippen LogP contribution in [0.2, 0.25) is 0 Å². The van der Waals surface area contributed by atoms with Crippen LogP contribution in [0.25, 0.3) is 0 Å². The summed E-state index contributed by atoms with van der Waals surface area (Å²) in [5.41, 5.74) is 3.31. The van der Waals surface area contributed by atoms with Gasteiger partial charge < -0.3 is 4.74 Å². The SMILES string of the molecule is CCOc1ccccc1N(CC(=O)N/N=C\c1cccnc1)S(C)(=O)=O. The van der Waals surface area contributed by atoms with Crippen LogP contribution in [0.4, 0.5) is 5.69 Å². The highest BCUT2D eigenvalue weighted by Gasteiger charge is 2.23. The number of hydrogen-bond donors (Lipinski definition) is 1. The number of para-hydroxylation sites is 2. The topological polar surface area (TPSA) is 101 Å². The molecule has 9 heteroatoms. The van der Waals surface area contributed by atoms with E-state index in [2.05, 4.69) is 15.5 Å². The highest BCUT2D eigenvalue weighted by molar-refractivity contribution is 7.92. The van der Waals surface area contributed by atoms with Gasteiger partial charge in [0.15, 0.2) is 0 Å². The molecule has 0 aliphatic rings. The van der Waals surface area contributed by atoms with Crippen molar-refractivity contribution in [2.75, 3.05) is 23.7 Å². The second-order valence-electron chi connectivity index (χ2n) is 5.25. The standard InChI is InChI=1S/C17H20N4O4S/c1-3-25-16-9-5-4-8-15(16)21(26(2,23)24)13-17(22)20-19-12-14-7-6-10-18-11-14/h4-12H,3,13H2,1-2H3,(H,20,22)/b19-12-. The van der Waals surface area contributed by atoms with Crippen LogP contribution in [0.15, 0.2) is 53.9 Å². The lowest BCUT2D eigenvalue weighted by atomic mass is 10.3. The summed E-state index contributed by atoms with van der Waals surface area (Å²) in [6.07, 6.45) is 5.65. The number of hydrazone groups is 1. The minimum Gasteiger partial charge on any atom is -0.492 e. The molecule has 1 N–H and O–H groups in total. The Kier molecular flexibility index (Phi) is 6.67. The summed E-state index contributed by atoms with van der Waals surface area (Å²) < 4.78 is 30.8. The predicted molar refractivity (Wildman–Crippen MR) is 99.8 cm³/mol. The molecule has 0 aliphatic carbocycles. The lowest BCUT2D eigenvalue weighted by Crippen LogP contribution is -2.39. The second kappa shape index (κ2) is 8.95. The summed E-state index contributed by atoms with van der Waals surface area (Å²) in [4.78, 5) is 16.1. The summed E-state index contributed by atoms with van der Waals surface area (Å²) >= 11 is 0. The molecule has 26 heavy (non-hydrogen) atoms. The van der Waals surface area contributed by atoms with E-state index in [4.69, 9.17) is 4.74 Å². The zero-order valence-electron chi connectivity index (χ0n) is 14.5. The van der Waals surface area contributed by atoms with Gasteiger partial charge in [-0.05, 0) is 25.1 Å². The number of nitrogens with one attached hydrogen (secondary N) is 1. The van der Waals surface area contributed by atoms with Crippen molar-refractivity contribution in [1.29, 1.82) is 0 Å². The highest BCUT2D eigenvalue weighted by atomic mass is 32.2. The molecule has 8 nitrogen and oxygen atoms in total. The maximum atomic E-state index is 12.2. The van der Waals surface area contributed by atoms with Gasteiger partial charge in [0.05, 0.1) is 24.8 Å². The summed E-state index contributed by atoms with van der Waals surface area (Å²) in [7, 11) is -3.70. The number of amides is 1. The Morgan fingerprint density at radius 3 is 2.73 bits per heavy atom. The molecule has 2 rings (SSSR count). The molecule has 0 unspecified atom stereocenters. The van der Waals surface area contributed by atoms with Gasteiger partial charge in [0.2, 0.25) is 10.0 Å². The van der Waals surface area contributed by atoms with E-state index < -0.39 is 22.5 Å². The first-order valence-corrected chi connectivity index (χ1v) is 9.68. The smallest absolute Gasteiger partial charge is 0.260 e. The van der Waals surface area contributed by atoms with Crippen LogP contribution in [-0.2, 0) is 14.8 Å². The molecule has 1 heterocycles. The van der Waals surface area contributed by atoms with E-state index in [1.54, 1.807) is 55.7 Å². The van der Waals surface area contributed by atoms with E-state index in [0.29, 0.717) is 23.6 Å². The van der Waals surface area contributed by atoms with Gasteiger partial charge in [-0.2, -0.15) is 5.10 Å². The monoisotopic (exact) mass is 376 g/mol. The zero-order valence-corrected chi connectivity index (χ0v) is 15.3. The molecular formula is C17H20N4O4S. The number of hydrogen-bond acceptors (Lipinski definition) is 6. The van der Waals surface area contributed by atoms with Gasteiger partial charge in [-0.3, -0.25) is 14.1 Å². The Morgan fingerprint density at radius 2 is 2.08 bits per heavy atom. The molecule has 0 saturated heterocycles. The maximum absolute atomic E-state index is 12.2. The molecule has 0 spiro atoms. The molecule has 0 radical (unpaired) electrons. The lowest BCUT2D eigenvalue weighted by Gasteiger charge is -2.23. The number of ether oxygens (including phenoxy) is 1. The number of benzene rings is 1. The van der Waals surface area contributed by atoms with Crippen LogP contribution in [0.3, 0.4) is 0 Å². The molecule has 1 aromatic heterocycles. The van der Waals surface area contributed by atoms with Gasteiger partial charge in [0.25, 0.3) is 5.91 Å². The van der Waals surface area contributed by atoms with Crippen molar-refractivity contribution in [2.45, 2.75) is 6.92 Å². The summed E-state index contributed by atoms with van der Waals surface area (Å²) in [5, 5.41) is 3.81. The fourth-order valence-corrected chi connectivity index (χ4v) is 2.98. The first kappa shape index (κ1) is 19.4. The van der Waals surface area contributed by atoms with Gasteiger partial charge >= 0.3 is 0 Å². The predicted octanol–water partition coefficient (Wildman–Crippen LogP) is 1.40. The Balaban J connectivity index is 2.14. The first-order chi connectivity index (χ1) is 12.4. The third-order valence-electron chi connectivity index (χ3n) is 3.21. The van der Waals surface area contributed by atoms with Gasteiger partial charge in [0.1, 0.15) is 12.3 Å². The van der Waals surface area contributed by atoms with Gasteiger partial charge in [-0.1, -0.05) is 18.2 Å².